The van der Waals surface area contributed by atoms with Crippen LogP contribution in [-0.4, -0.2) is 41.7 Å². The van der Waals surface area contributed by atoms with E-state index in [4.69, 9.17) is 4.74 Å². The van der Waals surface area contributed by atoms with Gasteiger partial charge in [-0.1, -0.05) is 24.3 Å². The second kappa shape index (κ2) is 9.57. The maximum Gasteiger partial charge on any atom is 0.221 e. The molecular weight excluding hydrogens is 352 g/mol. The summed E-state index contributed by atoms with van der Waals surface area (Å²) >= 11 is 0. The first-order chi connectivity index (χ1) is 12.1. The molecule has 2 N–H and O–H groups in total. The van der Waals surface area contributed by atoms with Gasteiger partial charge in [0.05, 0.1) is 0 Å². The van der Waals surface area contributed by atoms with E-state index in [1.54, 1.807) is 24.3 Å². The van der Waals surface area contributed by atoms with Gasteiger partial charge in [0.25, 0.3) is 0 Å². The first-order valence-corrected chi connectivity index (χ1v) is 8.58. The second-order valence-corrected chi connectivity index (χ2v) is 6.42. The molecule has 0 radical (unpaired) electrons. The average molecular weight is 376 g/mol. The number of benzene rings is 2. The highest BCUT2D eigenvalue weighted by molar-refractivity contribution is 5.88. The Kier molecular flexibility index (Phi) is 7.45. The van der Waals surface area contributed by atoms with Crippen LogP contribution in [0.4, 0.5) is 5.69 Å². The molecule has 26 heavy (non-hydrogen) atoms. The van der Waals surface area contributed by atoms with Crippen molar-refractivity contribution in [3.8, 4) is 5.75 Å². The van der Waals surface area contributed by atoms with Gasteiger partial charge in [-0.05, 0) is 41.8 Å². The van der Waals surface area contributed by atoms with Crippen molar-refractivity contribution < 1.29 is 27.0 Å². The van der Waals surface area contributed by atoms with Crippen LogP contribution in [0.3, 0.4) is 0 Å². The molecule has 1 aliphatic rings. The van der Waals surface area contributed by atoms with Crippen molar-refractivity contribution in [2.45, 2.75) is 26.0 Å². The third kappa shape index (κ3) is 5.73. The van der Waals surface area contributed by atoms with E-state index in [2.05, 4.69) is 34.5 Å². The Balaban J connectivity index is 0.00000243. The highest BCUT2D eigenvalue weighted by Gasteiger charge is 2.18. The molecule has 140 valence electrons. The molecular formula is C20H24ClN2O3-. The summed E-state index contributed by atoms with van der Waals surface area (Å²) in [4.78, 5) is 13.3. The molecule has 5 nitrogen and oxygen atoms in total. The number of aliphatic hydroxyl groups excluding tert-OH is 1. The van der Waals surface area contributed by atoms with Gasteiger partial charge in [-0.3, -0.25) is 9.69 Å². The van der Waals surface area contributed by atoms with Gasteiger partial charge < -0.3 is 27.6 Å². The maximum atomic E-state index is 11.0. The van der Waals surface area contributed by atoms with E-state index < -0.39 is 6.10 Å². The SMILES string of the molecule is CC(=O)Nc1ccc(OCC(O)CN2CCc3ccccc3C2)cc1.[Cl-]. The van der Waals surface area contributed by atoms with Crippen molar-refractivity contribution in [2.24, 2.45) is 0 Å². The zero-order chi connectivity index (χ0) is 17.6. The van der Waals surface area contributed by atoms with Crippen LogP contribution in [0.5, 0.6) is 5.75 Å². The lowest BCUT2D eigenvalue weighted by molar-refractivity contribution is -0.114. The smallest absolute Gasteiger partial charge is 0.221 e. The predicted molar refractivity (Wildman–Crippen MR) is 97.7 cm³/mol. The van der Waals surface area contributed by atoms with Gasteiger partial charge in [-0.15, -0.1) is 0 Å². The molecule has 1 atom stereocenters. The number of anilines is 1. The highest BCUT2D eigenvalue weighted by Crippen LogP contribution is 2.19. The van der Waals surface area contributed by atoms with Crippen LogP contribution >= 0.6 is 0 Å². The molecule has 1 heterocycles. The van der Waals surface area contributed by atoms with E-state index in [1.165, 1.54) is 18.1 Å². The molecule has 0 spiro atoms. The number of aliphatic hydroxyl groups is 1. The van der Waals surface area contributed by atoms with Crippen molar-refractivity contribution in [1.29, 1.82) is 0 Å². The number of carbonyl (C=O) groups excluding carboxylic acids is 1. The molecule has 0 aromatic heterocycles. The zero-order valence-electron chi connectivity index (χ0n) is 14.8. The van der Waals surface area contributed by atoms with Crippen LogP contribution in [0.2, 0.25) is 0 Å². The normalized spacial score (nSPS) is 14.7. The minimum Gasteiger partial charge on any atom is -1.00 e. The minimum atomic E-state index is -0.541. The Labute approximate surface area is 160 Å². The molecule has 2 aromatic carbocycles. The van der Waals surface area contributed by atoms with E-state index >= 15 is 0 Å². The number of hydrogen-bond donors (Lipinski definition) is 2. The number of ether oxygens (including phenoxy) is 1. The topological polar surface area (TPSA) is 61.8 Å². The molecule has 2 aromatic rings. The third-order valence-corrected chi connectivity index (χ3v) is 4.30. The van der Waals surface area contributed by atoms with Crippen LogP contribution in [0.15, 0.2) is 48.5 Å². The number of nitrogens with zero attached hydrogens (tertiary/aromatic N) is 1. The van der Waals surface area contributed by atoms with Crippen molar-refractivity contribution in [3.05, 3.63) is 59.7 Å². The molecule has 0 fully saturated rings. The Morgan fingerprint density at radius 1 is 1.19 bits per heavy atom. The number of fused-ring (bicyclic) bond motifs is 1. The van der Waals surface area contributed by atoms with Crippen LogP contribution < -0.4 is 22.5 Å². The molecule has 3 rings (SSSR count). The summed E-state index contributed by atoms with van der Waals surface area (Å²) in [6, 6.07) is 15.6. The molecule has 0 saturated heterocycles. The van der Waals surface area contributed by atoms with Gasteiger partial charge in [0.2, 0.25) is 5.91 Å². The molecule has 1 aliphatic heterocycles. The van der Waals surface area contributed by atoms with Crippen LogP contribution in [0.1, 0.15) is 18.1 Å². The second-order valence-electron chi connectivity index (χ2n) is 6.42. The van der Waals surface area contributed by atoms with Gasteiger partial charge in [0.1, 0.15) is 18.5 Å². The van der Waals surface area contributed by atoms with E-state index in [0.717, 1.165) is 25.2 Å². The van der Waals surface area contributed by atoms with Crippen LogP contribution in [0.25, 0.3) is 0 Å². The fourth-order valence-corrected chi connectivity index (χ4v) is 3.09. The fourth-order valence-electron chi connectivity index (χ4n) is 3.09. The van der Waals surface area contributed by atoms with Gasteiger partial charge >= 0.3 is 0 Å². The van der Waals surface area contributed by atoms with Gasteiger partial charge in [-0.2, -0.15) is 0 Å². The number of rotatable bonds is 6. The summed E-state index contributed by atoms with van der Waals surface area (Å²) in [5, 5.41) is 13.0. The largest absolute Gasteiger partial charge is 1.00 e. The van der Waals surface area contributed by atoms with Gasteiger partial charge in [0.15, 0.2) is 0 Å². The molecule has 6 heteroatoms. The van der Waals surface area contributed by atoms with Crippen molar-refractivity contribution in [1.82, 2.24) is 4.90 Å². The number of hydrogen-bond acceptors (Lipinski definition) is 4. The first-order valence-electron chi connectivity index (χ1n) is 8.58. The summed E-state index contributed by atoms with van der Waals surface area (Å²) in [5.41, 5.74) is 3.48. The third-order valence-electron chi connectivity index (χ3n) is 4.30. The number of β-amino-alcohol motifs (C(OH)–C–C–N with tert-alkyl or cyclic N) is 1. The van der Waals surface area contributed by atoms with Gasteiger partial charge in [-0.25, -0.2) is 0 Å². The molecule has 1 amide bonds. The molecule has 0 aliphatic carbocycles. The molecule has 0 saturated carbocycles. The Bertz CT molecular complexity index is 721. The summed E-state index contributed by atoms with van der Waals surface area (Å²) in [5.74, 6) is 0.573. The zero-order valence-corrected chi connectivity index (χ0v) is 15.6. The summed E-state index contributed by atoms with van der Waals surface area (Å²) in [6.45, 7) is 4.15. The predicted octanol–water partition coefficient (Wildman–Crippen LogP) is -0.553. The molecule has 0 bridgehead atoms. The van der Waals surface area contributed by atoms with E-state index in [1.807, 2.05) is 0 Å². The lowest BCUT2D eigenvalue weighted by Crippen LogP contribution is -3.00. The summed E-state index contributed by atoms with van der Waals surface area (Å²) in [7, 11) is 0. The Morgan fingerprint density at radius 3 is 2.58 bits per heavy atom. The van der Waals surface area contributed by atoms with Crippen molar-refractivity contribution in [2.75, 3.05) is 25.0 Å². The lowest BCUT2D eigenvalue weighted by Gasteiger charge is -2.30. The van der Waals surface area contributed by atoms with Crippen LogP contribution in [0, 0.1) is 0 Å². The summed E-state index contributed by atoms with van der Waals surface area (Å²) < 4.78 is 5.65. The Morgan fingerprint density at radius 2 is 1.88 bits per heavy atom. The first kappa shape index (κ1) is 20.2. The Hall–Kier alpha value is -2.08. The highest BCUT2D eigenvalue weighted by atomic mass is 35.5. The van der Waals surface area contributed by atoms with Crippen molar-refractivity contribution >= 4 is 11.6 Å². The number of halogens is 1. The lowest BCUT2D eigenvalue weighted by atomic mass is 10.00. The van der Waals surface area contributed by atoms with Gasteiger partial charge in [0, 0.05) is 32.2 Å². The number of amides is 1. The quantitative estimate of drug-likeness (QED) is 0.711. The van der Waals surface area contributed by atoms with E-state index in [9.17, 15) is 9.90 Å². The van der Waals surface area contributed by atoms with Crippen LogP contribution in [-0.2, 0) is 17.8 Å². The standard InChI is InChI=1S/C20H24N2O3.ClH/c1-15(23)21-18-6-8-20(9-7-18)25-14-19(24)13-22-11-10-16-4-2-3-5-17(16)12-22;/h2-9,19,24H,10-14H2,1H3,(H,21,23);1H/p-1. The van der Waals surface area contributed by atoms with E-state index in [-0.39, 0.29) is 24.9 Å². The number of nitrogens with one attached hydrogen (secondary N) is 1. The summed E-state index contributed by atoms with van der Waals surface area (Å²) in [6.07, 6.45) is 0.481. The molecule has 1 unspecified atom stereocenters. The average Bonchev–Trinajstić information content (AvgIpc) is 2.60. The fraction of sp³-hybridized carbons (Fsp3) is 0.350. The van der Waals surface area contributed by atoms with Crippen molar-refractivity contribution in [3.63, 3.8) is 0 Å². The van der Waals surface area contributed by atoms with E-state index in [0.29, 0.717) is 12.3 Å². The maximum absolute atomic E-state index is 11.0. The number of carbonyl (C=O) groups is 1. The minimum absolute atomic E-state index is 0. The monoisotopic (exact) mass is 375 g/mol.